The van der Waals surface area contributed by atoms with Gasteiger partial charge in [-0.05, 0) is 47.7 Å². The fourth-order valence-corrected chi connectivity index (χ4v) is 1.89. The Bertz CT molecular complexity index is 462. The molecule has 3 nitrogen and oxygen atoms in total. The number of nitrogens with zero attached hydrogens (tertiary/aromatic N) is 2. The summed E-state index contributed by atoms with van der Waals surface area (Å²) in [5, 5.41) is 0. The van der Waals surface area contributed by atoms with Crippen molar-refractivity contribution in [1.82, 2.24) is 9.55 Å². The monoisotopic (exact) mass is 299 g/mol. The van der Waals surface area contributed by atoms with Gasteiger partial charge in [-0.3, -0.25) is 0 Å². The molecular weight excluding hydrogens is 289 g/mol. The van der Waals surface area contributed by atoms with E-state index in [1.54, 1.807) is 6.20 Å². The maximum atomic E-state index is 5.93. The molecule has 0 aliphatic carbocycles. The standard InChI is InChI=1S/C10H10IN3/c1-7-13-4-5-14(7)10-3-2-8(11)6-9(10)12/h2-6H,12H2,1H3. The first kappa shape index (κ1) is 9.51. The summed E-state index contributed by atoms with van der Waals surface area (Å²) >= 11 is 2.24. The van der Waals surface area contributed by atoms with E-state index in [0.717, 1.165) is 20.8 Å². The van der Waals surface area contributed by atoms with Crippen LogP contribution >= 0.6 is 22.6 Å². The quantitative estimate of drug-likeness (QED) is 0.649. The molecular formula is C10H10IN3. The summed E-state index contributed by atoms with van der Waals surface area (Å²) in [6.45, 7) is 1.96. The van der Waals surface area contributed by atoms with Crippen molar-refractivity contribution < 1.29 is 0 Å². The van der Waals surface area contributed by atoms with Crippen LogP contribution in [-0.2, 0) is 0 Å². The lowest BCUT2D eigenvalue weighted by Crippen LogP contribution is -2.00. The summed E-state index contributed by atoms with van der Waals surface area (Å²) in [4.78, 5) is 4.16. The van der Waals surface area contributed by atoms with Crippen LogP contribution in [0.25, 0.3) is 5.69 Å². The molecule has 0 aliphatic heterocycles. The molecule has 0 amide bonds. The number of imidazole rings is 1. The van der Waals surface area contributed by atoms with Gasteiger partial charge in [-0.2, -0.15) is 0 Å². The number of aryl methyl sites for hydroxylation is 1. The number of aromatic nitrogens is 2. The molecule has 2 aromatic rings. The van der Waals surface area contributed by atoms with Crippen LogP contribution in [0.1, 0.15) is 5.82 Å². The fraction of sp³-hybridized carbons (Fsp3) is 0.100. The van der Waals surface area contributed by atoms with Crippen LogP contribution in [0.3, 0.4) is 0 Å². The maximum Gasteiger partial charge on any atom is 0.110 e. The lowest BCUT2D eigenvalue weighted by Gasteiger charge is -2.08. The lowest BCUT2D eigenvalue weighted by atomic mass is 10.2. The second-order valence-corrected chi connectivity index (χ2v) is 4.29. The fourth-order valence-electron chi connectivity index (χ4n) is 1.38. The zero-order valence-electron chi connectivity index (χ0n) is 7.74. The molecule has 14 heavy (non-hydrogen) atoms. The molecule has 2 N–H and O–H groups in total. The van der Waals surface area contributed by atoms with Crippen molar-refractivity contribution in [3.63, 3.8) is 0 Å². The van der Waals surface area contributed by atoms with Gasteiger partial charge in [-0.15, -0.1) is 0 Å². The molecule has 0 spiro atoms. The largest absolute Gasteiger partial charge is 0.397 e. The zero-order chi connectivity index (χ0) is 10.1. The molecule has 0 aliphatic rings. The smallest absolute Gasteiger partial charge is 0.110 e. The van der Waals surface area contributed by atoms with E-state index in [0.29, 0.717) is 0 Å². The lowest BCUT2D eigenvalue weighted by molar-refractivity contribution is 0.977. The Labute approximate surface area is 96.1 Å². The summed E-state index contributed by atoms with van der Waals surface area (Å²) < 4.78 is 3.12. The predicted molar refractivity (Wildman–Crippen MR) is 65.4 cm³/mol. The minimum Gasteiger partial charge on any atom is -0.397 e. The minimum absolute atomic E-state index is 0.776. The highest BCUT2D eigenvalue weighted by molar-refractivity contribution is 14.1. The van der Waals surface area contributed by atoms with Gasteiger partial charge in [0.25, 0.3) is 0 Å². The van der Waals surface area contributed by atoms with Crippen molar-refractivity contribution in [1.29, 1.82) is 0 Å². The average Bonchev–Trinajstić information content (AvgIpc) is 2.52. The molecule has 4 heteroatoms. The third-order valence-corrected chi connectivity index (χ3v) is 2.75. The minimum atomic E-state index is 0.776. The second kappa shape index (κ2) is 3.61. The van der Waals surface area contributed by atoms with Crippen LogP contribution in [0.5, 0.6) is 0 Å². The van der Waals surface area contributed by atoms with Gasteiger partial charge < -0.3 is 10.3 Å². The molecule has 1 aromatic heterocycles. The van der Waals surface area contributed by atoms with E-state index in [1.165, 1.54) is 0 Å². The van der Waals surface area contributed by atoms with Gasteiger partial charge in [0.2, 0.25) is 0 Å². The Morgan fingerprint density at radius 3 is 2.79 bits per heavy atom. The summed E-state index contributed by atoms with van der Waals surface area (Å²) in [6, 6.07) is 5.99. The molecule has 0 fully saturated rings. The van der Waals surface area contributed by atoms with Crippen LogP contribution in [0.2, 0.25) is 0 Å². The highest BCUT2D eigenvalue weighted by Gasteiger charge is 2.04. The second-order valence-electron chi connectivity index (χ2n) is 3.05. The van der Waals surface area contributed by atoms with Gasteiger partial charge >= 0.3 is 0 Å². The normalized spacial score (nSPS) is 10.4. The number of rotatable bonds is 1. The summed E-state index contributed by atoms with van der Waals surface area (Å²) in [7, 11) is 0. The highest BCUT2D eigenvalue weighted by atomic mass is 127. The van der Waals surface area contributed by atoms with Crippen LogP contribution in [0.4, 0.5) is 5.69 Å². The van der Waals surface area contributed by atoms with Gasteiger partial charge in [-0.25, -0.2) is 4.98 Å². The third-order valence-electron chi connectivity index (χ3n) is 2.07. The van der Waals surface area contributed by atoms with Crippen molar-refractivity contribution in [3.8, 4) is 5.69 Å². The van der Waals surface area contributed by atoms with Crippen LogP contribution < -0.4 is 5.73 Å². The van der Waals surface area contributed by atoms with Crippen molar-refractivity contribution >= 4 is 28.3 Å². The van der Waals surface area contributed by atoms with Crippen molar-refractivity contribution in [3.05, 3.63) is 40.0 Å². The summed E-state index contributed by atoms with van der Waals surface area (Å²) in [5.41, 5.74) is 7.69. The van der Waals surface area contributed by atoms with Crippen LogP contribution in [0.15, 0.2) is 30.6 Å². The van der Waals surface area contributed by atoms with E-state index in [4.69, 9.17) is 5.73 Å². The van der Waals surface area contributed by atoms with Gasteiger partial charge in [-0.1, -0.05) is 0 Å². The van der Waals surface area contributed by atoms with Gasteiger partial charge in [0.05, 0.1) is 11.4 Å². The summed E-state index contributed by atoms with van der Waals surface area (Å²) in [5.74, 6) is 0.943. The first-order chi connectivity index (χ1) is 6.68. The molecule has 2 rings (SSSR count). The maximum absolute atomic E-state index is 5.93. The Morgan fingerprint density at radius 2 is 2.21 bits per heavy atom. The molecule has 0 bridgehead atoms. The molecule has 72 valence electrons. The Morgan fingerprint density at radius 1 is 1.43 bits per heavy atom. The Kier molecular flexibility index (Phi) is 2.45. The van der Waals surface area contributed by atoms with E-state index in [9.17, 15) is 0 Å². The van der Waals surface area contributed by atoms with E-state index in [2.05, 4.69) is 27.6 Å². The number of halogens is 1. The first-order valence-corrected chi connectivity index (χ1v) is 5.31. The number of nitrogens with two attached hydrogens (primary N) is 1. The molecule has 0 atom stereocenters. The van der Waals surface area contributed by atoms with E-state index in [-0.39, 0.29) is 0 Å². The SMILES string of the molecule is Cc1nccn1-c1ccc(I)cc1N. The number of hydrogen-bond acceptors (Lipinski definition) is 2. The predicted octanol–water partition coefficient (Wildman–Crippen LogP) is 2.37. The summed E-state index contributed by atoms with van der Waals surface area (Å²) in [6.07, 6.45) is 3.68. The molecule has 0 saturated carbocycles. The third kappa shape index (κ3) is 1.61. The number of nitrogen functional groups attached to an aromatic ring is 1. The molecule has 0 radical (unpaired) electrons. The Hall–Kier alpha value is -1.04. The van der Waals surface area contributed by atoms with Crippen LogP contribution in [0, 0.1) is 10.5 Å². The van der Waals surface area contributed by atoms with Gasteiger partial charge in [0.15, 0.2) is 0 Å². The molecule has 1 aromatic carbocycles. The zero-order valence-corrected chi connectivity index (χ0v) is 9.89. The number of anilines is 1. The average molecular weight is 299 g/mol. The topological polar surface area (TPSA) is 43.8 Å². The molecule has 0 unspecified atom stereocenters. The van der Waals surface area contributed by atoms with Crippen molar-refractivity contribution in [2.45, 2.75) is 6.92 Å². The number of hydrogen-bond donors (Lipinski definition) is 1. The van der Waals surface area contributed by atoms with E-state index in [1.807, 2.05) is 35.9 Å². The van der Waals surface area contributed by atoms with E-state index >= 15 is 0 Å². The van der Waals surface area contributed by atoms with Gasteiger partial charge in [0.1, 0.15) is 5.82 Å². The Balaban J connectivity index is 2.58. The van der Waals surface area contributed by atoms with Crippen molar-refractivity contribution in [2.75, 3.05) is 5.73 Å². The first-order valence-electron chi connectivity index (χ1n) is 4.24. The van der Waals surface area contributed by atoms with Crippen molar-refractivity contribution in [2.24, 2.45) is 0 Å². The molecule has 0 saturated heterocycles. The number of benzene rings is 1. The van der Waals surface area contributed by atoms with Crippen LogP contribution in [-0.4, -0.2) is 9.55 Å². The highest BCUT2D eigenvalue weighted by Crippen LogP contribution is 2.20. The van der Waals surface area contributed by atoms with E-state index < -0.39 is 0 Å². The van der Waals surface area contributed by atoms with Gasteiger partial charge in [0, 0.05) is 16.0 Å². The molecule has 1 heterocycles.